The number of esters is 2. The van der Waals surface area contributed by atoms with Crippen LogP contribution in [0.2, 0.25) is 0 Å². The van der Waals surface area contributed by atoms with E-state index in [2.05, 4.69) is 12.1 Å². The van der Waals surface area contributed by atoms with Crippen LogP contribution in [0.3, 0.4) is 0 Å². The van der Waals surface area contributed by atoms with Crippen molar-refractivity contribution in [3.05, 3.63) is 58.1 Å². The Morgan fingerprint density at radius 2 is 1.22 bits per heavy atom. The number of rotatable bonds is 12. The summed E-state index contributed by atoms with van der Waals surface area (Å²) in [7, 11) is 6.24. The van der Waals surface area contributed by atoms with Gasteiger partial charge in [-0.2, -0.15) is 0 Å². The average Bonchev–Trinajstić information content (AvgIpc) is 2.95. The van der Waals surface area contributed by atoms with Crippen LogP contribution in [0.5, 0.6) is 11.5 Å². The van der Waals surface area contributed by atoms with Crippen molar-refractivity contribution in [2.24, 2.45) is 4.99 Å². The van der Waals surface area contributed by atoms with E-state index in [1.165, 1.54) is 14.2 Å². The number of carbonyl (C=O) groups excluding carboxylic acids is 2. The highest BCUT2D eigenvalue weighted by Gasteiger charge is 2.41. The van der Waals surface area contributed by atoms with Gasteiger partial charge in [-0.05, 0) is 108 Å². The first-order chi connectivity index (χ1) is 20.9. The lowest BCUT2D eigenvalue weighted by Crippen LogP contribution is -2.46. The van der Waals surface area contributed by atoms with Crippen LogP contribution >= 0.6 is 24.0 Å². The number of nitrogens with zero attached hydrogens (tertiary/aromatic N) is 1. The molecule has 0 spiro atoms. The summed E-state index contributed by atoms with van der Waals surface area (Å²) in [6, 6.07) is 10.0. The van der Waals surface area contributed by atoms with Crippen LogP contribution in [-0.2, 0) is 54.2 Å². The molecule has 1 aliphatic rings. The van der Waals surface area contributed by atoms with Gasteiger partial charge in [-0.25, -0.2) is 9.59 Å². The Hall–Kier alpha value is -2.70. The summed E-state index contributed by atoms with van der Waals surface area (Å²) >= 11 is 0. The van der Waals surface area contributed by atoms with Crippen molar-refractivity contribution in [1.29, 1.82) is 0 Å². The van der Waals surface area contributed by atoms with E-state index in [-0.39, 0.29) is 36.8 Å². The zero-order chi connectivity index (χ0) is 33.8. The van der Waals surface area contributed by atoms with E-state index in [1.807, 2.05) is 59.7 Å². The summed E-state index contributed by atoms with van der Waals surface area (Å²) in [4.78, 5) is 31.8. The average molecular weight is 754 g/mol. The van der Waals surface area contributed by atoms with Crippen LogP contribution < -0.4 is 9.47 Å². The zero-order valence-corrected chi connectivity index (χ0v) is 31.9. The molecule has 1 aliphatic heterocycles. The predicted octanol–water partition coefficient (Wildman–Crippen LogP) is 6.49. The molecule has 9 nitrogen and oxygen atoms in total. The lowest BCUT2D eigenvalue weighted by molar-refractivity contribution is -0.179. The zero-order valence-electron chi connectivity index (χ0n) is 29.5. The Morgan fingerprint density at radius 1 is 0.717 bits per heavy atom. The maximum atomic E-state index is 13.4. The number of hydrogen-bond donors (Lipinski definition) is 0. The number of aliphatic imine (C=N–C) groups is 1. The first kappa shape index (κ1) is 39.5. The number of ether oxygens (including phenoxy) is 6. The van der Waals surface area contributed by atoms with Gasteiger partial charge in [-0.1, -0.05) is 12.1 Å². The second-order valence-corrected chi connectivity index (χ2v) is 13.9. The Bertz CT molecular complexity index is 1420. The van der Waals surface area contributed by atoms with Gasteiger partial charge in [0.2, 0.25) is 0 Å². The van der Waals surface area contributed by atoms with Crippen LogP contribution in [0.4, 0.5) is 0 Å². The molecule has 0 radical (unpaired) electrons. The van der Waals surface area contributed by atoms with Gasteiger partial charge in [0.05, 0.1) is 14.2 Å². The Kier molecular flexibility index (Phi) is 13.3. The Labute approximate surface area is 291 Å². The van der Waals surface area contributed by atoms with Crippen LogP contribution in [0.25, 0.3) is 0 Å². The van der Waals surface area contributed by atoms with E-state index < -0.39 is 34.3 Å². The van der Waals surface area contributed by atoms with E-state index >= 15 is 0 Å². The van der Waals surface area contributed by atoms with Crippen LogP contribution in [0.15, 0.2) is 35.3 Å². The fourth-order valence-corrected chi connectivity index (χ4v) is 5.23. The SMILES string of the molecule is COc1ccc(CC2=NCCc3cc(CC(C)(OC)C(=O)OC(C)(C)C)c(CC(C)(OC)C(=O)OC(C)(C)C)cc32)cc1OC.I. The highest BCUT2D eigenvalue weighted by atomic mass is 127. The monoisotopic (exact) mass is 753 g/mol. The largest absolute Gasteiger partial charge is 0.493 e. The number of hydrogen-bond acceptors (Lipinski definition) is 9. The van der Waals surface area contributed by atoms with Gasteiger partial charge in [-0.3, -0.25) is 4.99 Å². The molecular formula is C36H52INO8. The van der Waals surface area contributed by atoms with Crippen molar-refractivity contribution >= 4 is 41.6 Å². The molecule has 3 rings (SSSR count). The second-order valence-electron chi connectivity index (χ2n) is 13.9. The number of methoxy groups -OCH3 is 4. The molecule has 0 bridgehead atoms. The summed E-state index contributed by atoms with van der Waals surface area (Å²) in [6.45, 7) is 15.1. The summed E-state index contributed by atoms with van der Waals surface area (Å²) < 4.78 is 34.1. The summed E-state index contributed by atoms with van der Waals surface area (Å²) in [5.41, 5.74) is 1.81. The summed E-state index contributed by atoms with van der Waals surface area (Å²) in [5, 5.41) is 0. The first-order valence-corrected chi connectivity index (χ1v) is 15.3. The minimum absolute atomic E-state index is 0. The molecule has 0 N–H and O–H groups in total. The molecule has 2 atom stereocenters. The van der Waals surface area contributed by atoms with E-state index in [9.17, 15) is 9.59 Å². The summed E-state index contributed by atoms with van der Waals surface area (Å²) in [6.07, 6.45) is 1.76. The lowest BCUT2D eigenvalue weighted by Gasteiger charge is -2.34. The Morgan fingerprint density at radius 3 is 1.67 bits per heavy atom. The van der Waals surface area contributed by atoms with Crippen molar-refractivity contribution in [1.82, 2.24) is 0 Å². The topological polar surface area (TPSA) is 102 Å². The van der Waals surface area contributed by atoms with Crippen LogP contribution in [0.1, 0.15) is 83.2 Å². The normalized spacial score (nSPS) is 15.7. The molecule has 256 valence electrons. The molecule has 0 aliphatic carbocycles. The number of halogens is 1. The maximum absolute atomic E-state index is 13.4. The molecule has 0 aromatic heterocycles. The maximum Gasteiger partial charge on any atom is 0.338 e. The third kappa shape index (κ3) is 9.90. The highest BCUT2D eigenvalue weighted by Crippen LogP contribution is 2.33. The van der Waals surface area contributed by atoms with Crippen molar-refractivity contribution in [2.45, 2.75) is 103 Å². The van der Waals surface area contributed by atoms with Gasteiger partial charge >= 0.3 is 11.9 Å². The molecule has 2 aromatic carbocycles. The van der Waals surface area contributed by atoms with Crippen molar-refractivity contribution in [3.63, 3.8) is 0 Å². The number of fused-ring (bicyclic) bond motifs is 1. The van der Waals surface area contributed by atoms with Crippen molar-refractivity contribution in [2.75, 3.05) is 35.0 Å². The number of carbonyl (C=O) groups is 2. The molecule has 0 amide bonds. The van der Waals surface area contributed by atoms with Crippen LogP contribution in [0, 0.1) is 0 Å². The molecule has 46 heavy (non-hydrogen) atoms. The van der Waals surface area contributed by atoms with Gasteiger partial charge in [-0.15, -0.1) is 24.0 Å². The van der Waals surface area contributed by atoms with Gasteiger partial charge in [0, 0.05) is 45.7 Å². The minimum atomic E-state index is -1.29. The summed E-state index contributed by atoms with van der Waals surface area (Å²) in [5.74, 6) is 0.378. The molecule has 0 saturated heterocycles. The van der Waals surface area contributed by atoms with Crippen molar-refractivity contribution in [3.8, 4) is 11.5 Å². The third-order valence-electron chi connectivity index (χ3n) is 7.86. The quantitative estimate of drug-likeness (QED) is 0.179. The number of benzene rings is 2. The van der Waals surface area contributed by atoms with Crippen molar-refractivity contribution < 1.29 is 38.0 Å². The lowest BCUT2D eigenvalue weighted by atomic mass is 9.82. The standard InChI is InChI=1S/C36H51NO8.HI/c1-33(2,3)44-31(38)35(7,42-11)21-25-19-24-15-16-37-28(17-23-13-14-29(40-9)30(18-23)41-10)27(24)20-26(25)22-36(8,43-12)32(39)45-34(4,5)6;/h13-14,18-20H,15-17,21-22H2,1-12H3;1H. The van der Waals surface area contributed by atoms with Gasteiger partial charge in [0.1, 0.15) is 11.2 Å². The molecule has 0 fully saturated rings. The third-order valence-corrected chi connectivity index (χ3v) is 7.86. The van der Waals surface area contributed by atoms with E-state index in [0.29, 0.717) is 24.5 Å². The molecule has 1 heterocycles. The fourth-order valence-electron chi connectivity index (χ4n) is 5.23. The highest BCUT2D eigenvalue weighted by molar-refractivity contribution is 14.0. The molecule has 2 aromatic rings. The van der Waals surface area contributed by atoms with Crippen LogP contribution in [-0.4, -0.2) is 75.0 Å². The molecule has 10 heteroatoms. The van der Waals surface area contributed by atoms with Gasteiger partial charge in [0.25, 0.3) is 0 Å². The first-order valence-electron chi connectivity index (χ1n) is 15.3. The molecule has 2 unspecified atom stereocenters. The fraction of sp³-hybridized carbons (Fsp3) is 0.583. The van der Waals surface area contributed by atoms with E-state index in [0.717, 1.165) is 39.9 Å². The predicted molar refractivity (Wildman–Crippen MR) is 190 cm³/mol. The molecular weight excluding hydrogens is 701 g/mol. The van der Waals surface area contributed by atoms with E-state index in [1.54, 1.807) is 28.1 Å². The smallest absolute Gasteiger partial charge is 0.338 e. The minimum Gasteiger partial charge on any atom is -0.493 e. The van der Waals surface area contributed by atoms with Gasteiger partial charge in [0.15, 0.2) is 22.7 Å². The second kappa shape index (κ2) is 15.5. The Balaban J connectivity index is 0.00000736. The molecule has 0 saturated carbocycles. The van der Waals surface area contributed by atoms with E-state index in [4.69, 9.17) is 33.4 Å². The van der Waals surface area contributed by atoms with Gasteiger partial charge < -0.3 is 28.4 Å².